The lowest BCUT2D eigenvalue weighted by Crippen LogP contribution is -2.54. The highest BCUT2D eigenvalue weighted by Crippen LogP contribution is 2.43. The minimum absolute atomic E-state index is 0.161. The maximum atomic E-state index is 12.5. The van der Waals surface area contributed by atoms with Crippen molar-refractivity contribution in [3.05, 3.63) is 0 Å². The number of amides is 1. The number of aliphatic carboxylic acids is 1. The largest absolute Gasteiger partial charge is 0.480 e. The molecule has 1 amide bonds. The molecule has 2 rings (SSSR count). The highest BCUT2D eigenvalue weighted by Gasteiger charge is 2.53. The van der Waals surface area contributed by atoms with Gasteiger partial charge < -0.3 is 10.0 Å². The number of nitrogens with zero attached hydrogens (tertiary/aromatic N) is 1. The maximum Gasteiger partial charge on any atom is 0.319 e. The Kier molecular flexibility index (Phi) is 4.16. The molecule has 0 aromatic rings. The van der Waals surface area contributed by atoms with Gasteiger partial charge in [-0.25, -0.2) is 0 Å². The van der Waals surface area contributed by atoms with Crippen LogP contribution in [0.3, 0.4) is 0 Å². The molecule has 2 saturated carbocycles. The van der Waals surface area contributed by atoms with E-state index in [4.69, 9.17) is 0 Å². The maximum absolute atomic E-state index is 12.5. The van der Waals surface area contributed by atoms with E-state index >= 15 is 0 Å². The molecule has 108 valence electrons. The molecule has 4 nitrogen and oxygen atoms in total. The van der Waals surface area contributed by atoms with E-state index in [9.17, 15) is 14.7 Å². The van der Waals surface area contributed by atoms with E-state index < -0.39 is 11.4 Å². The number of hydrogen-bond donors (Lipinski definition) is 1. The fourth-order valence-electron chi connectivity index (χ4n) is 3.49. The van der Waals surface area contributed by atoms with Gasteiger partial charge in [0.25, 0.3) is 0 Å². The highest BCUT2D eigenvalue weighted by molar-refractivity contribution is 6.02. The number of carbonyl (C=O) groups is 2. The monoisotopic (exact) mass is 267 g/mol. The molecular weight excluding hydrogens is 242 g/mol. The van der Waals surface area contributed by atoms with Crippen molar-refractivity contribution in [1.82, 2.24) is 4.90 Å². The summed E-state index contributed by atoms with van der Waals surface area (Å²) in [6, 6.07) is 0.243. The first-order chi connectivity index (χ1) is 9.01. The Hall–Kier alpha value is -1.06. The van der Waals surface area contributed by atoms with Crippen LogP contribution in [0.5, 0.6) is 0 Å². The lowest BCUT2D eigenvalue weighted by molar-refractivity contribution is -0.168. The van der Waals surface area contributed by atoms with Gasteiger partial charge in [-0.2, -0.15) is 0 Å². The molecule has 19 heavy (non-hydrogen) atoms. The van der Waals surface area contributed by atoms with E-state index in [0.29, 0.717) is 12.8 Å². The molecule has 0 bridgehead atoms. The first-order valence-corrected chi connectivity index (χ1v) is 7.52. The predicted octanol–water partition coefficient (Wildman–Crippen LogP) is 2.67. The number of carboxylic acid groups (broad SMARTS) is 1. The number of carbonyl (C=O) groups excluding carboxylic acids is 1. The number of rotatable bonds is 4. The molecule has 0 radical (unpaired) electrons. The molecule has 1 N–H and O–H groups in total. The molecule has 0 aromatic heterocycles. The molecule has 0 atom stereocenters. The first kappa shape index (κ1) is 14.4. The van der Waals surface area contributed by atoms with Crippen LogP contribution >= 0.6 is 0 Å². The molecule has 4 heteroatoms. The van der Waals surface area contributed by atoms with Crippen molar-refractivity contribution in [3.63, 3.8) is 0 Å². The second kappa shape index (κ2) is 5.51. The number of carboxylic acids is 1. The van der Waals surface area contributed by atoms with E-state index in [1.165, 1.54) is 19.3 Å². The van der Waals surface area contributed by atoms with Crippen molar-refractivity contribution in [2.75, 3.05) is 7.05 Å². The summed E-state index contributed by atoms with van der Waals surface area (Å²) in [4.78, 5) is 25.6. The quantitative estimate of drug-likeness (QED) is 0.797. The zero-order valence-electron chi connectivity index (χ0n) is 12.0. The third kappa shape index (κ3) is 2.49. The average Bonchev–Trinajstić information content (AvgIpc) is 2.36. The SMILES string of the molecule is CCC1CCC(N(C)C(=O)C2(C(=O)O)CCC2)CC1. The van der Waals surface area contributed by atoms with Crippen molar-refractivity contribution >= 4 is 11.9 Å². The smallest absolute Gasteiger partial charge is 0.319 e. The third-order valence-corrected chi connectivity index (χ3v) is 5.29. The molecular formula is C15H25NO3. The molecule has 0 spiro atoms. The van der Waals surface area contributed by atoms with Crippen LogP contribution in [0, 0.1) is 11.3 Å². The Morgan fingerprint density at radius 3 is 2.16 bits per heavy atom. The van der Waals surface area contributed by atoms with E-state index in [1.807, 2.05) is 0 Å². The molecule has 0 aromatic carbocycles. The van der Waals surface area contributed by atoms with Crippen LogP contribution in [0.15, 0.2) is 0 Å². The van der Waals surface area contributed by atoms with Crippen LogP contribution in [0.4, 0.5) is 0 Å². The minimum Gasteiger partial charge on any atom is -0.480 e. The molecule has 2 aliphatic rings. The van der Waals surface area contributed by atoms with E-state index in [1.54, 1.807) is 11.9 Å². The van der Waals surface area contributed by atoms with E-state index in [2.05, 4.69) is 6.92 Å². The van der Waals surface area contributed by atoms with E-state index in [-0.39, 0.29) is 11.9 Å². The zero-order valence-corrected chi connectivity index (χ0v) is 12.0. The van der Waals surface area contributed by atoms with Gasteiger partial charge in [0, 0.05) is 13.1 Å². The summed E-state index contributed by atoms with van der Waals surface area (Å²) in [5, 5.41) is 9.33. The normalized spacial score (nSPS) is 29.4. The molecule has 0 heterocycles. The summed E-state index contributed by atoms with van der Waals surface area (Å²) in [6.07, 6.45) is 7.47. The summed E-state index contributed by atoms with van der Waals surface area (Å²) in [5.74, 6) is -0.305. The molecule has 0 saturated heterocycles. The summed E-state index contributed by atoms with van der Waals surface area (Å²) >= 11 is 0. The van der Waals surface area contributed by atoms with Gasteiger partial charge in [-0.1, -0.05) is 19.8 Å². The van der Waals surface area contributed by atoms with Gasteiger partial charge in [-0.05, 0) is 44.4 Å². The predicted molar refractivity (Wildman–Crippen MR) is 72.7 cm³/mol. The molecule has 2 aliphatic carbocycles. The topological polar surface area (TPSA) is 57.6 Å². The van der Waals surface area contributed by atoms with Crippen molar-refractivity contribution in [1.29, 1.82) is 0 Å². The Morgan fingerprint density at radius 2 is 1.79 bits per heavy atom. The van der Waals surface area contributed by atoms with Crippen molar-refractivity contribution in [2.45, 2.75) is 64.3 Å². The minimum atomic E-state index is -1.10. The van der Waals surface area contributed by atoms with Gasteiger partial charge in [0.1, 0.15) is 5.41 Å². The van der Waals surface area contributed by atoms with Gasteiger partial charge >= 0.3 is 5.97 Å². The van der Waals surface area contributed by atoms with Crippen LogP contribution in [-0.4, -0.2) is 35.0 Å². The average molecular weight is 267 g/mol. The third-order valence-electron chi connectivity index (χ3n) is 5.29. The van der Waals surface area contributed by atoms with Crippen LogP contribution in [0.25, 0.3) is 0 Å². The summed E-state index contributed by atoms with van der Waals surface area (Å²) in [7, 11) is 1.79. The molecule has 0 unspecified atom stereocenters. The Labute approximate surface area is 115 Å². The van der Waals surface area contributed by atoms with Crippen molar-refractivity contribution in [3.8, 4) is 0 Å². The summed E-state index contributed by atoms with van der Waals surface area (Å²) in [5.41, 5.74) is -1.10. The van der Waals surface area contributed by atoms with E-state index in [0.717, 1.165) is 25.2 Å². The van der Waals surface area contributed by atoms with Crippen LogP contribution < -0.4 is 0 Å². The summed E-state index contributed by atoms with van der Waals surface area (Å²) < 4.78 is 0. The lowest BCUT2D eigenvalue weighted by Gasteiger charge is -2.42. The van der Waals surface area contributed by atoms with Crippen molar-refractivity contribution < 1.29 is 14.7 Å². The zero-order chi connectivity index (χ0) is 14.0. The van der Waals surface area contributed by atoms with Gasteiger partial charge in [0.15, 0.2) is 0 Å². The number of hydrogen-bond acceptors (Lipinski definition) is 2. The van der Waals surface area contributed by atoms with Crippen LogP contribution in [-0.2, 0) is 9.59 Å². The first-order valence-electron chi connectivity index (χ1n) is 7.52. The Balaban J connectivity index is 1.98. The van der Waals surface area contributed by atoms with Crippen molar-refractivity contribution in [2.24, 2.45) is 11.3 Å². The highest BCUT2D eigenvalue weighted by atomic mass is 16.4. The molecule has 0 aliphatic heterocycles. The Morgan fingerprint density at radius 1 is 1.21 bits per heavy atom. The van der Waals surface area contributed by atoms with Gasteiger partial charge in [0.05, 0.1) is 0 Å². The fraction of sp³-hybridized carbons (Fsp3) is 0.867. The van der Waals surface area contributed by atoms with Gasteiger partial charge in [-0.3, -0.25) is 9.59 Å². The fourth-order valence-corrected chi connectivity index (χ4v) is 3.49. The summed E-state index contributed by atoms with van der Waals surface area (Å²) in [6.45, 7) is 2.22. The Bertz CT molecular complexity index is 354. The van der Waals surface area contributed by atoms with Gasteiger partial charge in [-0.15, -0.1) is 0 Å². The second-order valence-corrected chi connectivity index (χ2v) is 6.24. The van der Waals surface area contributed by atoms with Crippen LogP contribution in [0.1, 0.15) is 58.3 Å². The lowest BCUT2D eigenvalue weighted by atomic mass is 9.67. The second-order valence-electron chi connectivity index (χ2n) is 6.24. The molecule has 2 fully saturated rings. The standard InChI is InChI=1S/C15H25NO3/c1-3-11-5-7-12(8-6-11)16(2)13(17)15(14(18)19)9-4-10-15/h11-12H,3-10H2,1-2H3,(H,18,19). The van der Waals surface area contributed by atoms with Crippen LogP contribution in [0.2, 0.25) is 0 Å². The van der Waals surface area contributed by atoms with Gasteiger partial charge in [0.2, 0.25) is 5.91 Å².